The lowest BCUT2D eigenvalue weighted by atomic mass is 10.1. The minimum absolute atomic E-state index is 0.258. The Morgan fingerprint density at radius 1 is 1.57 bits per heavy atom. The molecule has 0 aromatic carbocycles. The minimum Gasteiger partial charge on any atom is -0.388 e. The first-order valence-corrected chi connectivity index (χ1v) is 5.06. The number of amidine groups is 1. The molecule has 0 aliphatic carbocycles. The van der Waals surface area contributed by atoms with Crippen LogP contribution in [0.15, 0.2) is 0 Å². The summed E-state index contributed by atoms with van der Waals surface area (Å²) in [7, 11) is 3.76. The number of ether oxygens (including phenoxy) is 1. The van der Waals surface area contributed by atoms with E-state index in [4.69, 9.17) is 15.9 Å². The Bertz CT molecular complexity index is 173. The highest BCUT2D eigenvalue weighted by Gasteiger charge is 2.18. The molecule has 0 aliphatic heterocycles. The normalized spacial score (nSPS) is 15.5. The van der Waals surface area contributed by atoms with Crippen molar-refractivity contribution in [3.63, 3.8) is 0 Å². The van der Waals surface area contributed by atoms with Crippen LogP contribution in [0, 0.1) is 5.41 Å². The van der Waals surface area contributed by atoms with Crippen LogP contribution in [-0.2, 0) is 4.74 Å². The maximum atomic E-state index is 7.28. The van der Waals surface area contributed by atoms with Crippen molar-refractivity contribution in [1.29, 1.82) is 5.41 Å². The van der Waals surface area contributed by atoms with Crippen molar-refractivity contribution in [3.8, 4) is 0 Å². The van der Waals surface area contributed by atoms with Gasteiger partial charge in [0.2, 0.25) is 0 Å². The number of likely N-dealkylation sites (N-methyl/N-ethyl adjacent to an activating group) is 1. The number of rotatable bonds is 7. The fourth-order valence-corrected chi connectivity index (χ4v) is 1.55. The second-order valence-corrected chi connectivity index (χ2v) is 3.76. The molecule has 0 aliphatic rings. The van der Waals surface area contributed by atoms with Crippen LogP contribution in [0.25, 0.3) is 0 Å². The van der Waals surface area contributed by atoms with Crippen LogP contribution in [0.5, 0.6) is 0 Å². The van der Waals surface area contributed by atoms with Crippen molar-refractivity contribution in [1.82, 2.24) is 4.90 Å². The van der Waals surface area contributed by atoms with Crippen molar-refractivity contribution in [2.45, 2.75) is 38.8 Å². The largest absolute Gasteiger partial charge is 0.388 e. The third-order valence-corrected chi connectivity index (χ3v) is 2.61. The predicted molar refractivity (Wildman–Crippen MR) is 59.7 cm³/mol. The fourth-order valence-electron chi connectivity index (χ4n) is 1.55. The number of hydrogen-bond donors (Lipinski definition) is 2. The first-order chi connectivity index (χ1) is 6.52. The molecule has 3 N–H and O–H groups in total. The van der Waals surface area contributed by atoms with Crippen LogP contribution < -0.4 is 5.73 Å². The van der Waals surface area contributed by atoms with Gasteiger partial charge in [-0.05, 0) is 20.4 Å². The van der Waals surface area contributed by atoms with E-state index in [1.54, 1.807) is 7.11 Å². The van der Waals surface area contributed by atoms with E-state index in [0.717, 1.165) is 6.42 Å². The summed E-state index contributed by atoms with van der Waals surface area (Å²) in [4.78, 5) is 2.23. The predicted octanol–water partition coefficient (Wildman–Crippen LogP) is 1.06. The molecule has 0 heterocycles. The Labute approximate surface area is 86.9 Å². The van der Waals surface area contributed by atoms with Crippen LogP contribution in [0.2, 0.25) is 0 Å². The number of methoxy groups -OCH3 is 1. The summed E-state index contributed by atoms with van der Waals surface area (Å²) in [5.41, 5.74) is 5.41. The molecule has 2 atom stereocenters. The number of nitrogens with two attached hydrogens (primary N) is 1. The van der Waals surface area contributed by atoms with Crippen molar-refractivity contribution in [3.05, 3.63) is 0 Å². The highest BCUT2D eigenvalue weighted by molar-refractivity contribution is 5.77. The van der Waals surface area contributed by atoms with Gasteiger partial charge in [-0.1, -0.05) is 6.92 Å². The SMILES string of the molecule is CCC(CC(=N)N)N(C)C(C)COC. The summed E-state index contributed by atoms with van der Waals surface area (Å²) in [5.74, 6) is 0.258. The van der Waals surface area contributed by atoms with E-state index in [9.17, 15) is 0 Å². The highest BCUT2D eigenvalue weighted by Crippen LogP contribution is 2.10. The summed E-state index contributed by atoms with van der Waals surface area (Å²) in [6.07, 6.45) is 1.64. The maximum absolute atomic E-state index is 7.28. The Morgan fingerprint density at radius 2 is 2.14 bits per heavy atom. The number of nitrogens with one attached hydrogen (secondary N) is 1. The molecule has 0 amide bonds. The van der Waals surface area contributed by atoms with Crippen molar-refractivity contribution >= 4 is 5.84 Å². The molecule has 84 valence electrons. The van der Waals surface area contributed by atoms with E-state index in [-0.39, 0.29) is 5.84 Å². The van der Waals surface area contributed by atoms with E-state index >= 15 is 0 Å². The van der Waals surface area contributed by atoms with Gasteiger partial charge in [-0.15, -0.1) is 0 Å². The smallest absolute Gasteiger partial charge is 0.0921 e. The molecule has 0 radical (unpaired) electrons. The van der Waals surface area contributed by atoms with Gasteiger partial charge < -0.3 is 10.5 Å². The first-order valence-electron chi connectivity index (χ1n) is 5.06. The van der Waals surface area contributed by atoms with E-state index < -0.39 is 0 Å². The average Bonchev–Trinajstić information content (AvgIpc) is 2.13. The summed E-state index contributed by atoms with van der Waals surface area (Å²) in [6.45, 7) is 4.95. The van der Waals surface area contributed by atoms with Gasteiger partial charge in [-0.3, -0.25) is 10.3 Å². The Kier molecular flexibility index (Phi) is 6.49. The van der Waals surface area contributed by atoms with Gasteiger partial charge in [0.25, 0.3) is 0 Å². The lowest BCUT2D eigenvalue weighted by Crippen LogP contribution is -2.42. The topological polar surface area (TPSA) is 62.3 Å². The van der Waals surface area contributed by atoms with Gasteiger partial charge in [-0.2, -0.15) is 0 Å². The monoisotopic (exact) mass is 201 g/mol. The zero-order chi connectivity index (χ0) is 11.1. The molecule has 4 heteroatoms. The van der Waals surface area contributed by atoms with Crippen LogP contribution in [0.1, 0.15) is 26.7 Å². The molecule has 0 fully saturated rings. The standard InChI is InChI=1S/C10H23N3O/c1-5-9(6-10(11)12)13(3)8(2)7-14-4/h8-9H,5-7H2,1-4H3,(H3,11,12). The van der Waals surface area contributed by atoms with Gasteiger partial charge in [0.05, 0.1) is 12.4 Å². The van der Waals surface area contributed by atoms with E-state index in [1.807, 2.05) is 0 Å². The Morgan fingerprint density at radius 3 is 2.50 bits per heavy atom. The molecule has 0 bridgehead atoms. The highest BCUT2D eigenvalue weighted by atomic mass is 16.5. The van der Waals surface area contributed by atoms with Gasteiger partial charge in [0, 0.05) is 25.6 Å². The summed E-state index contributed by atoms with van der Waals surface area (Å²) < 4.78 is 5.10. The molecule has 0 saturated carbocycles. The molecule has 14 heavy (non-hydrogen) atoms. The zero-order valence-electron chi connectivity index (χ0n) is 9.71. The molecule has 4 nitrogen and oxygen atoms in total. The molecule has 0 aromatic heterocycles. The van der Waals surface area contributed by atoms with Gasteiger partial charge in [0.15, 0.2) is 0 Å². The van der Waals surface area contributed by atoms with Gasteiger partial charge in [-0.25, -0.2) is 0 Å². The molecule has 0 aromatic rings. The number of nitrogens with zero attached hydrogens (tertiary/aromatic N) is 1. The van der Waals surface area contributed by atoms with Crippen LogP contribution >= 0.6 is 0 Å². The Hall–Kier alpha value is -0.610. The van der Waals surface area contributed by atoms with E-state index in [1.165, 1.54) is 0 Å². The zero-order valence-corrected chi connectivity index (χ0v) is 9.71. The molecule has 0 spiro atoms. The summed E-state index contributed by atoms with van der Waals surface area (Å²) in [5, 5.41) is 7.28. The molecule has 0 rings (SSSR count). The number of hydrogen-bond acceptors (Lipinski definition) is 3. The summed E-state index contributed by atoms with van der Waals surface area (Å²) >= 11 is 0. The average molecular weight is 201 g/mol. The van der Waals surface area contributed by atoms with E-state index in [0.29, 0.717) is 25.1 Å². The van der Waals surface area contributed by atoms with Crippen LogP contribution in [-0.4, -0.2) is 43.6 Å². The second kappa shape index (κ2) is 6.79. The molecule has 0 saturated heterocycles. The lowest BCUT2D eigenvalue weighted by molar-refractivity contribution is 0.0894. The molecular weight excluding hydrogens is 178 g/mol. The van der Waals surface area contributed by atoms with Gasteiger partial charge >= 0.3 is 0 Å². The molecular formula is C10H23N3O. The fraction of sp³-hybridized carbons (Fsp3) is 0.900. The van der Waals surface area contributed by atoms with Crippen molar-refractivity contribution < 1.29 is 4.74 Å². The Balaban J connectivity index is 4.14. The minimum atomic E-state index is 0.258. The lowest BCUT2D eigenvalue weighted by Gasteiger charge is -2.31. The second-order valence-electron chi connectivity index (χ2n) is 3.76. The van der Waals surface area contributed by atoms with Gasteiger partial charge in [0.1, 0.15) is 0 Å². The van der Waals surface area contributed by atoms with Crippen LogP contribution in [0.4, 0.5) is 0 Å². The third-order valence-electron chi connectivity index (χ3n) is 2.61. The third kappa shape index (κ3) is 4.58. The van der Waals surface area contributed by atoms with E-state index in [2.05, 4.69) is 25.8 Å². The molecule has 2 unspecified atom stereocenters. The quantitative estimate of drug-likeness (QED) is 0.478. The maximum Gasteiger partial charge on any atom is 0.0921 e. The van der Waals surface area contributed by atoms with Crippen LogP contribution in [0.3, 0.4) is 0 Å². The van der Waals surface area contributed by atoms with Crippen molar-refractivity contribution in [2.24, 2.45) is 5.73 Å². The van der Waals surface area contributed by atoms with Crippen molar-refractivity contribution in [2.75, 3.05) is 20.8 Å². The summed E-state index contributed by atoms with van der Waals surface area (Å²) in [6, 6.07) is 0.710. The first kappa shape index (κ1) is 13.4.